The van der Waals surface area contributed by atoms with Crippen molar-refractivity contribution < 1.29 is 9.53 Å². The van der Waals surface area contributed by atoms with Crippen LogP contribution in [-0.4, -0.2) is 15.9 Å². The van der Waals surface area contributed by atoms with Crippen LogP contribution in [0, 0.1) is 0 Å². The standard InChI is InChI=1S/C12H10ClN3O2/c13-11-6-15-9(5-16-11)7-18-10-3-1-8(2-4-10)12(14)17/h1-6H,7H2,(H2,14,17). The fourth-order valence-electron chi connectivity index (χ4n) is 1.29. The molecule has 0 saturated heterocycles. The maximum atomic E-state index is 10.9. The molecule has 6 heteroatoms. The van der Waals surface area contributed by atoms with Crippen LogP contribution in [0.5, 0.6) is 5.75 Å². The molecule has 0 saturated carbocycles. The maximum Gasteiger partial charge on any atom is 0.248 e. The number of carbonyl (C=O) groups excluding carboxylic acids is 1. The van der Waals surface area contributed by atoms with E-state index in [1.165, 1.54) is 6.20 Å². The summed E-state index contributed by atoms with van der Waals surface area (Å²) in [4.78, 5) is 18.8. The molecule has 0 aliphatic carbocycles. The Morgan fingerprint density at radius 1 is 1.22 bits per heavy atom. The van der Waals surface area contributed by atoms with Crippen molar-refractivity contribution in [3.05, 3.63) is 53.1 Å². The predicted molar refractivity (Wildman–Crippen MR) is 66.3 cm³/mol. The highest BCUT2D eigenvalue weighted by molar-refractivity contribution is 6.29. The van der Waals surface area contributed by atoms with Crippen molar-refractivity contribution in [2.45, 2.75) is 6.61 Å². The Balaban J connectivity index is 1.97. The van der Waals surface area contributed by atoms with Crippen LogP contribution < -0.4 is 10.5 Å². The molecule has 0 atom stereocenters. The lowest BCUT2D eigenvalue weighted by Crippen LogP contribution is -2.10. The molecule has 2 aromatic rings. The second-order valence-corrected chi connectivity index (χ2v) is 3.90. The fraction of sp³-hybridized carbons (Fsp3) is 0.0833. The van der Waals surface area contributed by atoms with Crippen molar-refractivity contribution in [3.63, 3.8) is 0 Å². The van der Waals surface area contributed by atoms with Crippen molar-refractivity contribution in [2.24, 2.45) is 5.73 Å². The minimum Gasteiger partial charge on any atom is -0.487 e. The van der Waals surface area contributed by atoms with Gasteiger partial charge in [0.25, 0.3) is 0 Å². The summed E-state index contributed by atoms with van der Waals surface area (Å²) < 4.78 is 5.47. The van der Waals surface area contributed by atoms with Crippen molar-refractivity contribution >= 4 is 17.5 Å². The third-order valence-corrected chi connectivity index (χ3v) is 2.39. The van der Waals surface area contributed by atoms with Gasteiger partial charge >= 0.3 is 0 Å². The molecule has 1 heterocycles. The molecule has 0 fully saturated rings. The maximum absolute atomic E-state index is 10.9. The quantitative estimate of drug-likeness (QED) is 0.912. The van der Waals surface area contributed by atoms with Gasteiger partial charge in [-0.15, -0.1) is 0 Å². The molecular formula is C12H10ClN3O2. The van der Waals surface area contributed by atoms with E-state index in [9.17, 15) is 4.79 Å². The van der Waals surface area contributed by atoms with Crippen LogP contribution in [0.3, 0.4) is 0 Å². The topological polar surface area (TPSA) is 78.1 Å². The molecule has 18 heavy (non-hydrogen) atoms. The highest BCUT2D eigenvalue weighted by atomic mass is 35.5. The number of primary amides is 1. The SMILES string of the molecule is NC(=O)c1ccc(OCc2cnc(Cl)cn2)cc1. The van der Waals surface area contributed by atoms with Gasteiger partial charge in [-0.05, 0) is 24.3 Å². The largest absolute Gasteiger partial charge is 0.487 e. The first-order valence-corrected chi connectivity index (χ1v) is 5.52. The third-order valence-electron chi connectivity index (χ3n) is 2.20. The Morgan fingerprint density at radius 3 is 2.50 bits per heavy atom. The van der Waals surface area contributed by atoms with Gasteiger partial charge in [0.05, 0.1) is 18.1 Å². The van der Waals surface area contributed by atoms with E-state index in [4.69, 9.17) is 22.1 Å². The van der Waals surface area contributed by atoms with Gasteiger partial charge in [-0.1, -0.05) is 11.6 Å². The number of hydrogen-bond acceptors (Lipinski definition) is 4. The molecule has 0 bridgehead atoms. The molecule has 0 spiro atoms. The Labute approximate surface area is 109 Å². The van der Waals surface area contributed by atoms with Crippen LogP contribution >= 0.6 is 11.6 Å². The molecule has 5 nitrogen and oxygen atoms in total. The number of aromatic nitrogens is 2. The van der Waals surface area contributed by atoms with Gasteiger partial charge in [0.2, 0.25) is 5.91 Å². The smallest absolute Gasteiger partial charge is 0.248 e. The van der Waals surface area contributed by atoms with Crippen molar-refractivity contribution in [1.29, 1.82) is 0 Å². The van der Waals surface area contributed by atoms with Gasteiger partial charge in [0, 0.05) is 5.56 Å². The Kier molecular flexibility index (Phi) is 3.74. The average Bonchev–Trinajstić information content (AvgIpc) is 2.38. The van der Waals surface area contributed by atoms with Crippen molar-refractivity contribution in [3.8, 4) is 5.75 Å². The molecule has 2 rings (SSSR count). The molecular weight excluding hydrogens is 254 g/mol. The minimum atomic E-state index is -0.467. The highest BCUT2D eigenvalue weighted by Gasteiger charge is 2.01. The van der Waals surface area contributed by atoms with E-state index in [0.717, 1.165) is 0 Å². The fourth-order valence-corrected chi connectivity index (χ4v) is 1.38. The second kappa shape index (κ2) is 5.46. The molecule has 0 aliphatic heterocycles. The summed E-state index contributed by atoms with van der Waals surface area (Å²) >= 11 is 5.62. The summed E-state index contributed by atoms with van der Waals surface area (Å²) in [5.74, 6) is 0.155. The number of amides is 1. The number of halogens is 1. The number of hydrogen-bond donors (Lipinski definition) is 1. The number of ether oxygens (including phenoxy) is 1. The molecule has 1 amide bonds. The number of nitrogens with two attached hydrogens (primary N) is 1. The molecule has 1 aromatic carbocycles. The van der Waals surface area contributed by atoms with Crippen LogP contribution in [0.4, 0.5) is 0 Å². The number of rotatable bonds is 4. The lowest BCUT2D eigenvalue weighted by atomic mass is 10.2. The van der Waals surface area contributed by atoms with Gasteiger partial charge in [-0.3, -0.25) is 9.78 Å². The normalized spacial score (nSPS) is 10.1. The number of nitrogens with zero attached hydrogens (tertiary/aromatic N) is 2. The first kappa shape index (κ1) is 12.3. The molecule has 0 aliphatic rings. The van der Waals surface area contributed by atoms with E-state index < -0.39 is 5.91 Å². The Bertz CT molecular complexity index is 540. The monoisotopic (exact) mass is 263 g/mol. The average molecular weight is 264 g/mol. The van der Waals surface area contributed by atoms with Gasteiger partial charge in [0.1, 0.15) is 17.5 Å². The molecule has 0 radical (unpaired) electrons. The zero-order chi connectivity index (χ0) is 13.0. The van der Waals surface area contributed by atoms with Crippen molar-refractivity contribution in [1.82, 2.24) is 9.97 Å². The Hall–Kier alpha value is -2.14. The second-order valence-electron chi connectivity index (χ2n) is 3.51. The lowest BCUT2D eigenvalue weighted by molar-refractivity contribution is 0.100. The van der Waals surface area contributed by atoms with Gasteiger partial charge < -0.3 is 10.5 Å². The van der Waals surface area contributed by atoms with Crippen LogP contribution in [0.15, 0.2) is 36.7 Å². The van der Waals surface area contributed by atoms with Crippen LogP contribution in [-0.2, 0) is 6.61 Å². The molecule has 0 unspecified atom stereocenters. The summed E-state index contributed by atoms with van der Waals surface area (Å²) in [5.41, 5.74) is 6.24. The summed E-state index contributed by atoms with van der Waals surface area (Å²) in [5, 5.41) is 0.338. The van der Waals surface area contributed by atoms with Crippen molar-refractivity contribution in [2.75, 3.05) is 0 Å². The van der Waals surface area contributed by atoms with Gasteiger partial charge in [-0.25, -0.2) is 4.98 Å². The minimum absolute atomic E-state index is 0.278. The molecule has 2 N–H and O–H groups in total. The van der Waals surface area contributed by atoms with E-state index in [2.05, 4.69) is 9.97 Å². The van der Waals surface area contributed by atoms with E-state index in [0.29, 0.717) is 22.2 Å². The third kappa shape index (κ3) is 3.18. The summed E-state index contributed by atoms with van der Waals surface area (Å²) in [7, 11) is 0. The lowest BCUT2D eigenvalue weighted by Gasteiger charge is -2.05. The van der Waals surface area contributed by atoms with E-state index in [1.807, 2.05) is 0 Å². The highest BCUT2D eigenvalue weighted by Crippen LogP contribution is 2.13. The van der Waals surface area contributed by atoms with E-state index in [-0.39, 0.29) is 6.61 Å². The van der Waals surface area contributed by atoms with Crippen LogP contribution in [0.1, 0.15) is 16.1 Å². The molecule has 92 valence electrons. The first-order valence-electron chi connectivity index (χ1n) is 5.14. The molecule has 1 aromatic heterocycles. The zero-order valence-electron chi connectivity index (χ0n) is 9.34. The van der Waals surface area contributed by atoms with Crippen LogP contribution in [0.25, 0.3) is 0 Å². The summed E-state index contributed by atoms with van der Waals surface area (Å²) in [6.07, 6.45) is 3.00. The zero-order valence-corrected chi connectivity index (χ0v) is 10.1. The predicted octanol–water partition coefficient (Wildman–Crippen LogP) is 1.81. The van der Waals surface area contributed by atoms with Gasteiger partial charge in [0.15, 0.2) is 0 Å². The van der Waals surface area contributed by atoms with Gasteiger partial charge in [-0.2, -0.15) is 0 Å². The first-order chi connectivity index (χ1) is 8.65. The Morgan fingerprint density at radius 2 is 1.94 bits per heavy atom. The summed E-state index contributed by atoms with van der Waals surface area (Å²) in [6.45, 7) is 0.278. The number of carbonyl (C=O) groups is 1. The number of benzene rings is 1. The van der Waals surface area contributed by atoms with E-state index >= 15 is 0 Å². The van der Waals surface area contributed by atoms with Crippen LogP contribution in [0.2, 0.25) is 5.15 Å². The van der Waals surface area contributed by atoms with E-state index in [1.54, 1.807) is 30.5 Å². The summed E-state index contributed by atoms with van der Waals surface area (Å²) in [6, 6.07) is 6.54.